The summed E-state index contributed by atoms with van der Waals surface area (Å²) in [7, 11) is 1.72. The van der Waals surface area contributed by atoms with E-state index in [9.17, 15) is 0 Å². The third-order valence-electron chi connectivity index (χ3n) is 3.54. The smallest absolute Gasteiger partial charge is 0.231 e. The van der Waals surface area contributed by atoms with Gasteiger partial charge in [-0.25, -0.2) is 0 Å². The van der Waals surface area contributed by atoms with E-state index in [-0.39, 0.29) is 0 Å². The molecule has 0 aromatic heterocycles. The molecular weight excluding hydrogens is 266 g/mol. The van der Waals surface area contributed by atoms with E-state index in [2.05, 4.69) is 23.5 Å². The Bertz CT molecular complexity index is 613. The number of methoxy groups -OCH3 is 1. The van der Waals surface area contributed by atoms with Crippen molar-refractivity contribution in [3.63, 3.8) is 0 Å². The normalized spacial score (nSPS) is 12.4. The van der Waals surface area contributed by atoms with Crippen LogP contribution in [0.25, 0.3) is 0 Å². The second kappa shape index (κ2) is 6.50. The minimum Gasteiger partial charge on any atom is -0.454 e. The molecule has 0 bridgehead atoms. The van der Waals surface area contributed by atoms with Gasteiger partial charge in [0, 0.05) is 24.9 Å². The van der Waals surface area contributed by atoms with Gasteiger partial charge >= 0.3 is 0 Å². The third-order valence-corrected chi connectivity index (χ3v) is 3.54. The fraction of sp³-hybridized carbons (Fsp3) is 0.294. The molecule has 0 aliphatic carbocycles. The lowest BCUT2D eigenvalue weighted by Gasteiger charge is -2.13. The minimum absolute atomic E-state index is 0.302. The van der Waals surface area contributed by atoms with E-state index in [0.29, 0.717) is 13.3 Å². The van der Waals surface area contributed by atoms with Crippen LogP contribution in [-0.2, 0) is 17.7 Å². The number of hydrogen-bond donors (Lipinski definition) is 1. The summed E-state index contributed by atoms with van der Waals surface area (Å²) in [4.78, 5) is 0. The van der Waals surface area contributed by atoms with Gasteiger partial charge < -0.3 is 19.5 Å². The molecule has 0 radical (unpaired) electrons. The van der Waals surface area contributed by atoms with Gasteiger partial charge in [-0.15, -0.1) is 0 Å². The maximum atomic E-state index is 5.53. The molecule has 0 spiro atoms. The van der Waals surface area contributed by atoms with Crippen molar-refractivity contribution in [3.8, 4) is 11.5 Å². The molecule has 1 N–H and O–H groups in total. The molecule has 0 unspecified atom stereocenters. The largest absolute Gasteiger partial charge is 0.454 e. The Kier molecular flexibility index (Phi) is 4.26. The molecule has 3 rings (SSSR count). The molecular formula is C17H19NO3. The second-order valence-corrected chi connectivity index (χ2v) is 4.90. The van der Waals surface area contributed by atoms with Gasteiger partial charge in [0.25, 0.3) is 0 Å². The average molecular weight is 285 g/mol. The zero-order chi connectivity index (χ0) is 14.5. The fourth-order valence-electron chi connectivity index (χ4n) is 2.44. The Morgan fingerprint density at radius 2 is 1.90 bits per heavy atom. The van der Waals surface area contributed by atoms with Gasteiger partial charge in [0.2, 0.25) is 6.79 Å². The number of rotatable bonds is 6. The SMILES string of the molecule is COCCc1ccccc1NCc1cccc2c1OCO2. The monoisotopic (exact) mass is 285 g/mol. The summed E-state index contributed by atoms with van der Waals surface area (Å²) in [6, 6.07) is 14.3. The predicted octanol–water partition coefficient (Wildman–Crippen LogP) is 3.22. The number of ether oxygens (including phenoxy) is 3. The molecule has 4 heteroatoms. The van der Waals surface area contributed by atoms with Crippen LogP contribution in [-0.4, -0.2) is 20.5 Å². The van der Waals surface area contributed by atoms with E-state index in [1.165, 1.54) is 5.56 Å². The Morgan fingerprint density at radius 1 is 1.05 bits per heavy atom. The van der Waals surface area contributed by atoms with Crippen molar-refractivity contribution in [1.82, 2.24) is 0 Å². The molecule has 0 fully saturated rings. The van der Waals surface area contributed by atoms with Gasteiger partial charge in [-0.05, 0) is 24.1 Å². The minimum atomic E-state index is 0.302. The highest BCUT2D eigenvalue weighted by Crippen LogP contribution is 2.35. The first-order valence-corrected chi connectivity index (χ1v) is 7.06. The zero-order valence-electron chi connectivity index (χ0n) is 12.1. The van der Waals surface area contributed by atoms with Gasteiger partial charge in [0.15, 0.2) is 11.5 Å². The summed E-state index contributed by atoms with van der Waals surface area (Å²) in [5.41, 5.74) is 3.49. The van der Waals surface area contributed by atoms with Gasteiger partial charge in [-0.1, -0.05) is 30.3 Å². The number of nitrogens with one attached hydrogen (secondary N) is 1. The maximum absolute atomic E-state index is 5.53. The number of fused-ring (bicyclic) bond motifs is 1. The Hall–Kier alpha value is -2.20. The molecule has 110 valence electrons. The summed E-state index contributed by atoms with van der Waals surface area (Å²) < 4.78 is 16.1. The molecule has 4 nitrogen and oxygen atoms in total. The molecule has 2 aromatic carbocycles. The van der Waals surface area contributed by atoms with Crippen molar-refractivity contribution in [2.75, 3.05) is 25.8 Å². The molecule has 0 saturated carbocycles. The number of anilines is 1. The number of hydrogen-bond acceptors (Lipinski definition) is 4. The Morgan fingerprint density at radius 3 is 2.81 bits per heavy atom. The molecule has 1 heterocycles. The molecule has 2 aromatic rings. The van der Waals surface area contributed by atoms with Crippen molar-refractivity contribution in [1.29, 1.82) is 0 Å². The summed E-state index contributed by atoms with van der Waals surface area (Å²) in [5, 5.41) is 3.48. The van der Waals surface area contributed by atoms with Crippen molar-refractivity contribution in [2.24, 2.45) is 0 Å². The molecule has 1 aliphatic rings. The first kappa shape index (κ1) is 13.8. The zero-order valence-corrected chi connectivity index (χ0v) is 12.1. The summed E-state index contributed by atoms with van der Waals surface area (Å²) in [6.45, 7) is 1.73. The topological polar surface area (TPSA) is 39.7 Å². The first-order chi connectivity index (χ1) is 10.4. The van der Waals surface area contributed by atoms with E-state index < -0.39 is 0 Å². The standard InChI is InChI=1S/C17H19NO3/c1-19-10-9-13-5-2-3-7-15(13)18-11-14-6-4-8-16-17(14)21-12-20-16/h2-8,18H,9-12H2,1H3. The van der Waals surface area contributed by atoms with Crippen molar-refractivity contribution >= 4 is 5.69 Å². The highest BCUT2D eigenvalue weighted by Gasteiger charge is 2.16. The van der Waals surface area contributed by atoms with E-state index in [0.717, 1.165) is 35.8 Å². The van der Waals surface area contributed by atoms with Crippen LogP contribution in [0.2, 0.25) is 0 Å². The van der Waals surface area contributed by atoms with Crippen LogP contribution in [0.4, 0.5) is 5.69 Å². The lowest BCUT2D eigenvalue weighted by atomic mass is 10.1. The van der Waals surface area contributed by atoms with Crippen LogP contribution >= 0.6 is 0 Å². The van der Waals surface area contributed by atoms with Crippen LogP contribution in [0.1, 0.15) is 11.1 Å². The molecule has 0 atom stereocenters. The van der Waals surface area contributed by atoms with Gasteiger partial charge in [0.05, 0.1) is 6.61 Å². The molecule has 1 aliphatic heterocycles. The quantitative estimate of drug-likeness (QED) is 0.884. The summed E-state index contributed by atoms with van der Waals surface area (Å²) in [5.74, 6) is 1.67. The van der Waals surface area contributed by atoms with Gasteiger partial charge in [-0.3, -0.25) is 0 Å². The van der Waals surface area contributed by atoms with E-state index in [4.69, 9.17) is 14.2 Å². The lowest BCUT2D eigenvalue weighted by molar-refractivity contribution is 0.173. The summed E-state index contributed by atoms with van der Waals surface area (Å²) in [6.07, 6.45) is 0.895. The highest BCUT2D eigenvalue weighted by atomic mass is 16.7. The maximum Gasteiger partial charge on any atom is 0.231 e. The van der Waals surface area contributed by atoms with E-state index in [1.807, 2.05) is 24.3 Å². The van der Waals surface area contributed by atoms with E-state index >= 15 is 0 Å². The van der Waals surface area contributed by atoms with Crippen LogP contribution in [0.5, 0.6) is 11.5 Å². The average Bonchev–Trinajstić information content (AvgIpc) is 3.01. The van der Waals surface area contributed by atoms with Gasteiger partial charge in [0.1, 0.15) is 0 Å². The Balaban J connectivity index is 1.72. The molecule has 0 saturated heterocycles. The predicted molar refractivity (Wildman–Crippen MR) is 81.9 cm³/mol. The van der Waals surface area contributed by atoms with Crippen LogP contribution in [0.3, 0.4) is 0 Å². The van der Waals surface area contributed by atoms with Gasteiger partial charge in [-0.2, -0.15) is 0 Å². The number of benzene rings is 2. The van der Waals surface area contributed by atoms with Crippen LogP contribution in [0, 0.1) is 0 Å². The van der Waals surface area contributed by atoms with Crippen LogP contribution < -0.4 is 14.8 Å². The Labute approximate surface area is 124 Å². The van der Waals surface area contributed by atoms with E-state index in [1.54, 1.807) is 7.11 Å². The third kappa shape index (κ3) is 3.11. The lowest BCUT2D eigenvalue weighted by Crippen LogP contribution is -2.05. The second-order valence-electron chi connectivity index (χ2n) is 4.90. The van der Waals surface area contributed by atoms with Crippen molar-refractivity contribution < 1.29 is 14.2 Å². The summed E-state index contributed by atoms with van der Waals surface area (Å²) >= 11 is 0. The highest BCUT2D eigenvalue weighted by molar-refractivity contribution is 5.54. The first-order valence-electron chi connectivity index (χ1n) is 7.06. The molecule has 21 heavy (non-hydrogen) atoms. The van der Waals surface area contributed by atoms with Crippen molar-refractivity contribution in [3.05, 3.63) is 53.6 Å². The fourth-order valence-corrected chi connectivity index (χ4v) is 2.44. The molecule has 0 amide bonds. The number of para-hydroxylation sites is 2. The van der Waals surface area contributed by atoms with Crippen LogP contribution in [0.15, 0.2) is 42.5 Å². The van der Waals surface area contributed by atoms with Crippen molar-refractivity contribution in [2.45, 2.75) is 13.0 Å².